The Balaban J connectivity index is 1.97. The van der Waals surface area contributed by atoms with Crippen molar-refractivity contribution in [3.8, 4) is 5.75 Å². The maximum absolute atomic E-state index is 14.5. The number of aromatic nitrogens is 1. The van der Waals surface area contributed by atoms with E-state index in [2.05, 4.69) is 11.9 Å². The fourth-order valence-electron chi connectivity index (χ4n) is 3.11. The van der Waals surface area contributed by atoms with Gasteiger partial charge in [0.1, 0.15) is 18.1 Å². The number of unbranched alkanes of at least 4 members (excludes halogenated alkanes) is 2. The van der Waals surface area contributed by atoms with Crippen LogP contribution in [0.4, 0.5) is 8.78 Å². The molecule has 0 bridgehead atoms. The van der Waals surface area contributed by atoms with Crippen LogP contribution in [0.5, 0.6) is 5.75 Å². The molecule has 2 aromatic carbocycles. The summed E-state index contributed by atoms with van der Waals surface area (Å²) < 4.78 is 40.3. The number of esters is 1. The van der Waals surface area contributed by atoms with Crippen molar-refractivity contribution in [2.75, 3.05) is 13.2 Å². The molecule has 170 valence electrons. The van der Waals surface area contributed by atoms with Crippen molar-refractivity contribution < 1.29 is 27.8 Å². The van der Waals surface area contributed by atoms with E-state index in [9.17, 15) is 18.4 Å². The molecule has 9 heteroatoms. The van der Waals surface area contributed by atoms with Crippen LogP contribution in [0.2, 0.25) is 0 Å². The number of benzene rings is 2. The fourth-order valence-corrected chi connectivity index (χ4v) is 4.18. The van der Waals surface area contributed by atoms with Crippen molar-refractivity contribution in [1.29, 1.82) is 0 Å². The first-order valence-corrected chi connectivity index (χ1v) is 11.2. The summed E-state index contributed by atoms with van der Waals surface area (Å²) in [6.07, 6.45) is 3.04. The largest absolute Gasteiger partial charge is 0.494 e. The van der Waals surface area contributed by atoms with Crippen LogP contribution in [0.15, 0.2) is 41.4 Å². The quantitative estimate of drug-likeness (QED) is 0.337. The number of fused-ring (bicyclic) bond motifs is 1. The Morgan fingerprint density at radius 2 is 1.94 bits per heavy atom. The molecule has 0 spiro atoms. The summed E-state index contributed by atoms with van der Waals surface area (Å²) in [5, 5.41) is 0. The van der Waals surface area contributed by atoms with Crippen LogP contribution >= 0.6 is 11.3 Å². The van der Waals surface area contributed by atoms with Crippen molar-refractivity contribution in [2.45, 2.75) is 39.7 Å². The van der Waals surface area contributed by atoms with E-state index in [-0.39, 0.29) is 33.7 Å². The molecule has 0 N–H and O–H groups in total. The monoisotopic (exact) mass is 462 g/mol. The second kappa shape index (κ2) is 11.0. The molecular formula is C23H24F2N2O4S. The summed E-state index contributed by atoms with van der Waals surface area (Å²) in [5.41, 5.74) is 0.272. The number of thiazole rings is 1. The Morgan fingerprint density at radius 1 is 1.12 bits per heavy atom. The number of ether oxygens (including phenoxy) is 2. The highest BCUT2D eigenvalue weighted by Crippen LogP contribution is 2.23. The molecule has 1 aromatic heterocycles. The third-order valence-electron chi connectivity index (χ3n) is 4.58. The van der Waals surface area contributed by atoms with Gasteiger partial charge in [0.05, 0.1) is 23.4 Å². The topological polar surface area (TPSA) is 69.9 Å². The van der Waals surface area contributed by atoms with Crippen LogP contribution in [0, 0.1) is 11.6 Å². The van der Waals surface area contributed by atoms with Gasteiger partial charge in [-0.2, -0.15) is 4.99 Å². The number of hydrogen-bond donors (Lipinski definition) is 0. The van der Waals surface area contributed by atoms with E-state index in [1.807, 2.05) is 0 Å². The normalized spacial score (nSPS) is 11.7. The van der Waals surface area contributed by atoms with Crippen LogP contribution in [0.25, 0.3) is 10.2 Å². The first-order valence-electron chi connectivity index (χ1n) is 10.4. The van der Waals surface area contributed by atoms with Gasteiger partial charge in [-0.1, -0.05) is 37.2 Å². The predicted octanol–water partition coefficient (Wildman–Crippen LogP) is 4.85. The Kier molecular flexibility index (Phi) is 8.10. The minimum absolute atomic E-state index is 0.0102. The minimum Gasteiger partial charge on any atom is -0.494 e. The second-order valence-corrected chi connectivity index (χ2v) is 8.02. The van der Waals surface area contributed by atoms with Gasteiger partial charge in [-0.25, -0.2) is 8.78 Å². The Labute approximate surface area is 188 Å². The molecule has 0 aliphatic rings. The van der Waals surface area contributed by atoms with Gasteiger partial charge in [0.15, 0.2) is 10.6 Å². The molecule has 0 saturated heterocycles. The number of carbonyl (C=O) groups excluding carboxylic acids is 2. The van der Waals surface area contributed by atoms with Crippen molar-refractivity contribution in [3.63, 3.8) is 0 Å². The van der Waals surface area contributed by atoms with Crippen LogP contribution in [0.1, 0.15) is 43.5 Å². The smallest absolute Gasteiger partial charge is 0.326 e. The van der Waals surface area contributed by atoms with Crippen molar-refractivity contribution >= 4 is 33.4 Å². The Hall–Kier alpha value is -3.07. The summed E-state index contributed by atoms with van der Waals surface area (Å²) in [7, 11) is 0. The van der Waals surface area contributed by atoms with Gasteiger partial charge in [-0.3, -0.25) is 9.59 Å². The summed E-state index contributed by atoms with van der Waals surface area (Å²) in [5.74, 6) is -2.27. The lowest BCUT2D eigenvalue weighted by Crippen LogP contribution is -2.23. The van der Waals surface area contributed by atoms with E-state index in [0.29, 0.717) is 12.4 Å². The summed E-state index contributed by atoms with van der Waals surface area (Å²) in [4.78, 5) is 29.0. The maximum Gasteiger partial charge on any atom is 0.326 e. The number of nitrogens with zero attached hydrogens (tertiary/aromatic N) is 2. The zero-order valence-electron chi connectivity index (χ0n) is 17.9. The van der Waals surface area contributed by atoms with E-state index in [0.717, 1.165) is 42.7 Å². The van der Waals surface area contributed by atoms with Gasteiger partial charge in [-0.05, 0) is 37.6 Å². The third-order valence-corrected chi connectivity index (χ3v) is 5.61. The molecule has 3 aromatic rings. The Bertz CT molecular complexity index is 1190. The lowest BCUT2D eigenvalue weighted by molar-refractivity contribution is -0.143. The van der Waals surface area contributed by atoms with Gasteiger partial charge in [0.2, 0.25) is 0 Å². The van der Waals surface area contributed by atoms with Gasteiger partial charge in [-0.15, -0.1) is 0 Å². The molecule has 0 aliphatic heterocycles. The van der Waals surface area contributed by atoms with Crippen molar-refractivity contribution in [3.05, 3.63) is 58.4 Å². The molecule has 0 fully saturated rings. The summed E-state index contributed by atoms with van der Waals surface area (Å²) >= 11 is 0.915. The average molecular weight is 463 g/mol. The number of hydrogen-bond acceptors (Lipinski definition) is 5. The molecule has 0 aliphatic carbocycles. The minimum atomic E-state index is -0.850. The van der Waals surface area contributed by atoms with Gasteiger partial charge >= 0.3 is 5.97 Å². The molecule has 0 unspecified atom stereocenters. The van der Waals surface area contributed by atoms with Gasteiger partial charge in [0.25, 0.3) is 5.91 Å². The van der Waals surface area contributed by atoms with E-state index in [1.54, 1.807) is 31.2 Å². The highest BCUT2D eigenvalue weighted by atomic mass is 32.1. The lowest BCUT2D eigenvalue weighted by atomic mass is 10.2. The zero-order chi connectivity index (χ0) is 23.1. The first-order chi connectivity index (χ1) is 15.4. The molecule has 3 rings (SSSR count). The van der Waals surface area contributed by atoms with Gasteiger partial charge in [0, 0.05) is 11.6 Å². The standard InChI is InChI=1S/C23H24F2N2O4S/c1-3-5-6-10-31-17-9-7-8-15(11-17)22(29)26-23-27(14-20(28)30-4-2)21-18(25)12-16(24)13-19(21)32-23/h7-9,11-13H,3-6,10,14H2,1-2H3. The first kappa shape index (κ1) is 23.6. The third kappa shape index (κ3) is 5.79. The summed E-state index contributed by atoms with van der Waals surface area (Å²) in [6.45, 7) is 4.08. The number of amides is 1. The zero-order valence-corrected chi connectivity index (χ0v) is 18.7. The number of carbonyl (C=O) groups is 2. The van der Waals surface area contributed by atoms with E-state index < -0.39 is 23.5 Å². The molecule has 0 radical (unpaired) electrons. The lowest BCUT2D eigenvalue weighted by Gasteiger charge is -2.07. The highest BCUT2D eigenvalue weighted by molar-refractivity contribution is 7.16. The van der Waals surface area contributed by atoms with E-state index >= 15 is 0 Å². The average Bonchev–Trinajstić information content (AvgIpc) is 3.08. The molecule has 32 heavy (non-hydrogen) atoms. The highest BCUT2D eigenvalue weighted by Gasteiger charge is 2.17. The van der Waals surface area contributed by atoms with Crippen LogP contribution < -0.4 is 9.54 Å². The molecule has 0 saturated carbocycles. The van der Waals surface area contributed by atoms with Crippen LogP contribution in [-0.4, -0.2) is 29.7 Å². The molecule has 0 atom stereocenters. The van der Waals surface area contributed by atoms with Crippen molar-refractivity contribution in [1.82, 2.24) is 4.57 Å². The maximum atomic E-state index is 14.5. The fraction of sp³-hybridized carbons (Fsp3) is 0.348. The molecular weight excluding hydrogens is 438 g/mol. The SMILES string of the molecule is CCCCCOc1cccc(C(=O)N=c2sc3cc(F)cc(F)c3n2CC(=O)OCC)c1. The van der Waals surface area contributed by atoms with Crippen LogP contribution in [-0.2, 0) is 16.1 Å². The molecule has 1 amide bonds. The second-order valence-electron chi connectivity index (χ2n) is 7.01. The molecule has 6 nitrogen and oxygen atoms in total. The van der Waals surface area contributed by atoms with E-state index in [4.69, 9.17) is 9.47 Å². The number of halogens is 2. The summed E-state index contributed by atoms with van der Waals surface area (Å²) in [6, 6.07) is 8.47. The molecule has 1 heterocycles. The van der Waals surface area contributed by atoms with Gasteiger partial charge < -0.3 is 14.0 Å². The van der Waals surface area contributed by atoms with Crippen molar-refractivity contribution in [2.24, 2.45) is 4.99 Å². The predicted molar refractivity (Wildman–Crippen MR) is 118 cm³/mol. The van der Waals surface area contributed by atoms with E-state index in [1.165, 1.54) is 4.57 Å². The number of rotatable bonds is 9. The van der Waals surface area contributed by atoms with Crippen LogP contribution in [0.3, 0.4) is 0 Å². The Morgan fingerprint density at radius 3 is 2.69 bits per heavy atom.